The maximum Gasteiger partial charge on any atom is 0.271 e. The molecule has 1 aliphatic heterocycles. The lowest BCUT2D eigenvalue weighted by Gasteiger charge is -2.28. The number of amides is 1. The van der Waals surface area contributed by atoms with Crippen molar-refractivity contribution in [2.75, 3.05) is 24.6 Å². The Balaban J connectivity index is 1.16. The molecule has 0 spiro atoms. The van der Waals surface area contributed by atoms with Crippen molar-refractivity contribution in [3.05, 3.63) is 71.2 Å². The molecule has 4 aromatic heterocycles. The average molecular weight is 560 g/mol. The molecule has 1 saturated carbocycles. The first-order valence-electron chi connectivity index (χ1n) is 13.2. The van der Waals surface area contributed by atoms with Gasteiger partial charge < -0.3 is 15.0 Å². The highest BCUT2D eigenvalue weighted by molar-refractivity contribution is 6.33. The molecule has 1 amide bonds. The summed E-state index contributed by atoms with van der Waals surface area (Å²) in [6, 6.07) is 9.26. The third-order valence-corrected chi connectivity index (χ3v) is 8.13. The second kappa shape index (κ2) is 10.1. The lowest BCUT2D eigenvalue weighted by molar-refractivity contribution is 0.0899. The Hall–Kier alpha value is -4.23. The molecule has 9 nitrogen and oxygen atoms in total. The minimum Gasteiger partial charge on any atom is -0.492 e. The van der Waals surface area contributed by atoms with E-state index in [1.54, 1.807) is 16.9 Å². The fourth-order valence-corrected chi connectivity index (χ4v) is 6.46. The number of rotatable bonds is 6. The largest absolute Gasteiger partial charge is 0.492 e. The molecular formula is C29H27ClFN7O2. The molecule has 0 bridgehead atoms. The van der Waals surface area contributed by atoms with Crippen LogP contribution in [0.15, 0.2) is 49.1 Å². The molecule has 1 N–H and O–H groups in total. The highest BCUT2D eigenvalue weighted by Gasteiger charge is 2.47. The molecule has 2 aliphatic rings. The zero-order valence-electron chi connectivity index (χ0n) is 22.1. The third-order valence-electron chi connectivity index (χ3n) is 7.84. The molecule has 3 atom stereocenters. The second-order valence-electron chi connectivity index (χ2n) is 10.7. The predicted molar refractivity (Wildman–Crippen MR) is 148 cm³/mol. The van der Waals surface area contributed by atoms with Gasteiger partial charge in [-0.15, -0.1) is 0 Å². The summed E-state index contributed by atoms with van der Waals surface area (Å²) < 4.78 is 20.7. The fraction of sp³-hybridized carbons (Fsp3) is 0.345. The Morgan fingerprint density at radius 3 is 2.65 bits per heavy atom. The average Bonchev–Trinajstić information content (AvgIpc) is 3.59. The van der Waals surface area contributed by atoms with Crippen LogP contribution in [0.5, 0.6) is 5.75 Å². The smallest absolute Gasteiger partial charge is 0.271 e. The third kappa shape index (κ3) is 4.71. The molecule has 1 aliphatic carbocycles. The molecule has 204 valence electrons. The summed E-state index contributed by atoms with van der Waals surface area (Å²) in [4.78, 5) is 23.8. The SMILES string of the molecule is CCOc1cc(-c2ccc(N3C[C@@H]4C[C@@](C)(NC(=O)c5ncc(F)cc5Cl)C[C@@H]4C3)nc2)c2c(C#N)cnn2c1. The summed E-state index contributed by atoms with van der Waals surface area (Å²) in [6.45, 7) is 6.16. The summed E-state index contributed by atoms with van der Waals surface area (Å²) in [5, 5.41) is 17.0. The molecule has 0 unspecified atom stereocenters. The number of ether oxygens (including phenoxy) is 1. The molecular weight excluding hydrogens is 533 g/mol. The van der Waals surface area contributed by atoms with Crippen LogP contribution in [0.2, 0.25) is 5.02 Å². The Morgan fingerprint density at radius 2 is 2.00 bits per heavy atom. The molecule has 6 rings (SSSR count). The first-order chi connectivity index (χ1) is 19.3. The van der Waals surface area contributed by atoms with E-state index in [0.29, 0.717) is 29.8 Å². The van der Waals surface area contributed by atoms with Crippen molar-refractivity contribution >= 4 is 28.8 Å². The molecule has 1 saturated heterocycles. The lowest BCUT2D eigenvalue weighted by atomic mass is 9.97. The molecule has 40 heavy (non-hydrogen) atoms. The second-order valence-corrected chi connectivity index (χ2v) is 11.1. The minimum absolute atomic E-state index is 0.00224. The highest BCUT2D eigenvalue weighted by atomic mass is 35.5. The van der Waals surface area contributed by atoms with E-state index in [1.807, 2.05) is 38.2 Å². The summed E-state index contributed by atoms with van der Waals surface area (Å²) in [5.41, 5.74) is 2.55. The summed E-state index contributed by atoms with van der Waals surface area (Å²) in [7, 11) is 0. The number of halogens is 2. The van der Waals surface area contributed by atoms with E-state index in [0.717, 1.165) is 60.7 Å². The number of aromatic nitrogens is 4. The Morgan fingerprint density at radius 1 is 1.23 bits per heavy atom. The molecule has 0 radical (unpaired) electrons. The van der Waals surface area contributed by atoms with Crippen LogP contribution in [0.25, 0.3) is 16.6 Å². The maximum absolute atomic E-state index is 13.3. The number of hydrogen-bond acceptors (Lipinski definition) is 7. The van der Waals surface area contributed by atoms with Crippen LogP contribution in [-0.4, -0.2) is 50.7 Å². The van der Waals surface area contributed by atoms with Crippen LogP contribution >= 0.6 is 11.6 Å². The fourth-order valence-electron chi connectivity index (χ4n) is 6.22. The van der Waals surface area contributed by atoms with Gasteiger partial charge in [0.1, 0.15) is 29.1 Å². The number of pyridine rings is 3. The van der Waals surface area contributed by atoms with Crippen LogP contribution in [-0.2, 0) is 0 Å². The van der Waals surface area contributed by atoms with Gasteiger partial charge in [0.2, 0.25) is 0 Å². The van der Waals surface area contributed by atoms with E-state index >= 15 is 0 Å². The van der Waals surface area contributed by atoms with Crippen molar-refractivity contribution in [3.63, 3.8) is 0 Å². The van der Waals surface area contributed by atoms with E-state index in [2.05, 4.69) is 26.4 Å². The first-order valence-corrected chi connectivity index (χ1v) is 13.5. The van der Waals surface area contributed by atoms with Gasteiger partial charge in [-0.25, -0.2) is 18.9 Å². The van der Waals surface area contributed by atoms with Crippen molar-refractivity contribution in [2.24, 2.45) is 11.8 Å². The Bertz CT molecular complexity index is 1630. The van der Waals surface area contributed by atoms with Gasteiger partial charge in [0.25, 0.3) is 5.91 Å². The van der Waals surface area contributed by atoms with Gasteiger partial charge in [0.15, 0.2) is 0 Å². The van der Waals surface area contributed by atoms with Gasteiger partial charge in [0, 0.05) is 36.0 Å². The van der Waals surface area contributed by atoms with Crippen LogP contribution < -0.4 is 15.0 Å². The predicted octanol–water partition coefficient (Wildman–Crippen LogP) is 4.89. The number of anilines is 1. The van der Waals surface area contributed by atoms with Crippen LogP contribution in [0.3, 0.4) is 0 Å². The van der Waals surface area contributed by atoms with Gasteiger partial charge in [-0.3, -0.25) is 4.79 Å². The number of carbonyl (C=O) groups excluding carboxylic acids is 1. The van der Waals surface area contributed by atoms with E-state index in [4.69, 9.17) is 21.3 Å². The number of nitrogens with one attached hydrogen (secondary N) is 1. The molecule has 4 aromatic rings. The molecule has 11 heteroatoms. The van der Waals surface area contributed by atoms with E-state index in [9.17, 15) is 14.4 Å². The van der Waals surface area contributed by atoms with E-state index in [1.165, 1.54) is 0 Å². The summed E-state index contributed by atoms with van der Waals surface area (Å²) in [6.07, 6.45) is 7.79. The summed E-state index contributed by atoms with van der Waals surface area (Å²) in [5.74, 6) is 1.39. The summed E-state index contributed by atoms with van der Waals surface area (Å²) >= 11 is 6.05. The number of carbonyl (C=O) groups is 1. The molecule has 2 fully saturated rings. The number of nitrogens with zero attached hydrogens (tertiary/aromatic N) is 6. The van der Waals surface area contributed by atoms with Gasteiger partial charge in [-0.05, 0) is 62.8 Å². The first kappa shape index (κ1) is 26.0. The van der Waals surface area contributed by atoms with E-state index in [-0.39, 0.29) is 16.6 Å². The van der Waals surface area contributed by atoms with Crippen LogP contribution in [0, 0.1) is 29.0 Å². The van der Waals surface area contributed by atoms with Gasteiger partial charge in [-0.1, -0.05) is 11.6 Å². The normalized spacial score (nSPS) is 21.8. The Labute approximate surface area is 235 Å². The van der Waals surface area contributed by atoms with Crippen molar-refractivity contribution in [3.8, 4) is 22.9 Å². The van der Waals surface area contributed by atoms with Crippen molar-refractivity contribution in [1.82, 2.24) is 24.9 Å². The molecule has 5 heterocycles. The Kier molecular flexibility index (Phi) is 6.55. The van der Waals surface area contributed by atoms with Gasteiger partial charge in [-0.2, -0.15) is 10.4 Å². The highest BCUT2D eigenvalue weighted by Crippen LogP contribution is 2.45. The van der Waals surface area contributed by atoms with Crippen molar-refractivity contribution in [1.29, 1.82) is 5.26 Å². The lowest BCUT2D eigenvalue weighted by Crippen LogP contribution is -2.45. The zero-order chi connectivity index (χ0) is 28.0. The standard InChI is InChI=1S/C29H27ClFN7O2/c1-3-40-22-7-23(27-20(10-32)12-35-38(27)16-22)17-4-5-25(33-11-17)37-14-18-8-29(2,9-19(18)15-37)36-28(39)26-24(30)6-21(31)13-34-26/h4-7,11-13,16,18-19H,3,8-9,14-15H2,1-2H3,(H,36,39)/t18-,19+,29+. The van der Waals surface area contributed by atoms with Crippen molar-refractivity contribution < 1.29 is 13.9 Å². The van der Waals surface area contributed by atoms with E-state index < -0.39 is 11.4 Å². The number of hydrogen-bond donors (Lipinski definition) is 1. The quantitative estimate of drug-likeness (QED) is 0.358. The monoisotopic (exact) mass is 559 g/mol. The minimum atomic E-state index is -0.578. The van der Waals surface area contributed by atoms with Crippen molar-refractivity contribution in [2.45, 2.75) is 32.2 Å². The van der Waals surface area contributed by atoms with Crippen LogP contribution in [0.1, 0.15) is 42.7 Å². The number of fused-ring (bicyclic) bond motifs is 2. The number of nitriles is 1. The van der Waals surface area contributed by atoms with Gasteiger partial charge in [0.05, 0.1) is 41.3 Å². The van der Waals surface area contributed by atoms with Gasteiger partial charge >= 0.3 is 0 Å². The topological polar surface area (TPSA) is 108 Å². The zero-order valence-corrected chi connectivity index (χ0v) is 22.8. The maximum atomic E-state index is 13.3. The molecule has 0 aromatic carbocycles. The van der Waals surface area contributed by atoms with Crippen LogP contribution in [0.4, 0.5) is 10.2 Å².